The van der Waals surface area contributed by atoms with Gasteiger partial charge < -0.3 is 10.2 Å². The number of fused-ring (bicyclic) bond motifs is 2. The first kappa shape index (κ1) is 17.1. The molecule has 1 saturated heterocycles. The maximum Gasteiger partial charge on any atom is 0.125 e. The van der Waals surface area contributed by atoms with Gasteiger partial charge in [-0.1, -0.05) is 0 Å². The molecule has 0 bridgehead atoms. The summed E-state index contributed by atoms with van der Waals surface area (Å²) in [7, 11) is 2.24. The number of thiazole rings is 1. The lowest BCUT2D eigenvalue weighted by atomic mass is 9.89. The molecule has 0 amide bonds. The molecule has 2 atom stereocenters. The summed E-state index contributed by atoms with van der Waals surface area (Å²) in [5.41, 5.74) is 5.13. The van der Waals surface area contributed by atoms with Gasteiger partial charge in [0.1, 0.15) is 4.83 Å². The van der Waals surface area contributed by atoms with Gasteiger partial charge in [-0.2, -0.15) is 0 Å². The number of nitrogens with one attached hydrogen (secondary N) is 1. The minimum atomic E-state index is 0.579. The second kappa shape index (κ2) is 6.86. The molecular formula is C21H22N4S2. The van der Waals surface area contributed by atoms with E-state index < -0.39 is 0 Å². The van der Waals surface area contributed by atoms with Crippen molar-refractivity contribution < 1.29 is 0 Å². The summed E-state index contributed by atoms with van der Waals surface area (Å²) in [4.78, 5) is 14.1. The predicted octanol–water partition coefficient (Wildman–Crippen LogP) is 5.85. The van der Waals surface area contributed by atoms with Gasteiger partial charge in [-0.15, -0.1) is 22.7 Å². The van der Waals surface area contributed by atoms with Crippen LogP contribution in [0, 0.1) is 0 Å². The SMILES string of the molecule is C[C@H]1C(c2cc3c(Nc4ccc5scnc5c4)ccnc3s2)CCCN1C. The average molecular weight is 395 g/mol. The van der Waals surface area contributed by atoms with E-state index in [9.17, 15) is 0 Å². The second-order valence-electron chi connectivity index (χ2n) is 7.36. The first-order valence-corrected chi connectivity index (χ1v) is 11.1. The van der Waals surface area contributed by atoms with Crippen molar-refractivity contribution >= 4 is 54.5 Å². The van der Waals surface area contributed by atoms with Crippen LogP contribution in [0.1, 0.15) is 30.6 Å². The number of hydrogen-bond donors (Lipinski definition) is 1. The van der Waals surface area contributed by atoms with E-state index in [0.717, 1.165) is 21.7 Å². The first-order valence-electron chi connectivity index (χ1n) is 9.38. The number of anilines is 2. The van der Waals surface area contributed by atoms with Gasteiger partial charge in [0, 0.05) is 34.1 Å². The first-order chi connectivity index (χ1) is 13.2. The molecule has 1 aliphatic rings. The fourth-order valence-electron chi connectivity index (χ4n) is 4.03. The van der Waals surface area contributed by atoms with Crippen LogP contribution >= 0.6 is 22.7 Å². The largest absolute Gasteiger partial charge is 0.355 e. The molecule has 1 unspecified atom stereocenters. The zero-order valence-corrected chi connectivity index (χ0v) is 17.1. The average Bonchev–Trinajstić information content (AvgIpc) is 3.30. The minimum absolute atomic E-state index is 0.579. The van der Waals surface area contributed by atoms with Gasteiger partial charge in [0.2, 0.25) is 0 Å². The summed E-state index contributed by atoms with van der Waals surface area (Å²) >= 11 is 3.52. The Kier molecular flexibility index (Phi) is 4.34. The smallest absolute Gasteiger partial charge is 0.125 e. The van der Waals surface area contributed by atoms with Gasteiger partial charge in [-0.3, -0.25) is 0 Å². The van der Waals surface area contributed by atoms with Crippen molar-refractivity contribution in [2.75, 3.05) is 18.9 Å². The van der Waals surface area contributed by atoms with Crippen LogP contribution in [0.5, 0.6) is 0 Å². The highest BCUT2D eigenvalue weighted by Crippen LogP contribution is 2.40. The molecule has 0 aliphatic carbocycles. The van der Waals surface area contributed by atoms with Gasteiger partial charge in [0.05, 0.1) is 21.4 Å². The van der Waals surface area contributed by atoms with E-state index in [0.29, 0.717) is 12.0 Å². The van der Waals surface area contributed by atoms with Gasteiger partial charge >= 0.3 is 0 Å². The fourth-order valence-corrected chi connectivity index (χ4v) is 5.95. The van der Waals surface area contributed by atoms with E-state index in [1.807, 2.05) is 23.0 Å². The van der Waals surface area contributed by atoms with Crippen molar-refractivity contribution in [3.05, 3.63) is 46.9 Å². The monoisotopic (exact) mass is 394 g/mol. The van der Waals surface area contributed by atoms with E-state index in [-0.39, 0.29) is 0 Å². The Balaban J connectivity index is 1.50. The number of hydrogen-bond acceptors (Lipinski definition) is 6. The highest BCUT2D eigenvalue weighted by atomic mass is 32.1. The third kappa shape index (κ3) is 3.12. The normalized spacial score (nSPS) is 21.1. The molecule has 3 aromatic heterocycles. The Morgan fingerprint density at radius 3 is 3.04 bits per heavy atom. The molecule has 1 fully saturated rings. The lowest BCUT2D eigenvalue weighted by Gasteiger charge is -2.36. The molecule has 138 valence electrons. The Hall–Kier alpha value is -2.02. The molecule has 1 aliphatic heterocycles. The number of likely N-dealkylation sites (N-methyl/N-ethyl adjacent to an activating group) is 1. The summed E-state index contributed by atoms with van der Waals surface area (Å²) in [6.07, 6.45) is 4.44. The molecule has 0 radical (unpaired) electrons. The zero-order valence-electron chi connectivity index (χ0n) is 15.5. The number of thiophene rings is 1. The van der Waals surface area contributed by atoms with Crippen LogP contribution in [0.2, 0.25) is 0 Å². The molecule has 4 nitrogen and oxygen atoms in total. The highest BCUT2D eigenvalue weighted by Gasteiger charge is 2.28. The van der Waals surface area contributed by atoms with E-state index in [4.69, 9.17) is 0 Å². The minimum Gasteiger partial charge on any atom is -0.355 e. The summed E-state index contributed by atoms with van der Waals surface area (Å²) < 4.78 is 1.22. The standard InChI is InChI=1S/C21H22N4S2/c1-13-15(4-3-9-25(13)2)20-11-16-17(7-8-22-21(16)27-20)24-14-5-6-19-18(10-14)23-12-26-19/h5-8,10-13,15H,3-4,9H2,1-2H3,(H,22,24)/t13-,15?/m0/s1. The van der Waals surface area contributed by atoms with E-state index in [2.05, 4.69) is 64.5 Å². The summed E-state index contributed by atoms with van der Waals surface area (Å²) in [6, 6.07) is 11.4. The Bertz CT molecular complexity index is 1100. The van der Waals surface area contributed by atoms with E-state index in [1.165, 1.54) is 34.3 Å². The number of piperidine rings is 1. The number of nitrogens with zero attached hydrogens (tertiary/aromatic N) is 3. The van der Waals surface area contributed by atoms with Crippen LogP contribution in [-0.4, -0.2) is 34.5 Å². The molecule has 0 saturated carbocycles. The molecule has 5 rings (SSSR count). The summed E-state index contributed by atoms with van der Waals surface area (Å²) in [6.45, 7) is 3.55. The molecule has 27 heavy (non-hydrogen) atoms. The Morgan fingerprint density at radius 1 is 1.19 bits per heavy atom. The lowest BCUT2D eigenvalue weighted by molar-refractivity contribution is 0.176. The number of likely N-dealkylation sites (tertiary alicyclic amines) is 1. The van der Waals surface area contributed by atoms with Crippen molar-refractivity contribution in [1.29, 1.82) is 0 Å². The zero-order chi connectivity index (χ0) is 18.4. The summed E-state index contributed by atoms with van der Waals surface area (Å²) in [5, 5.41) is 4.80. The van der Waals surface area contributed by atoms with Crippen LogP contribution in [0.4, 0.5) is 11.4 Å². The van der Waals surface area contributed by atoms with Crippen molar-refractivity contribution in [3.8, 4) is 0 Å². The molecule has 4 heterocycles. The van der Waals surface area contributed by atoms with Crippen LogP contribution in [0.15, 0.2) is 42.0 Å². The van der Waals surface area contributed by atoms with Gasteiger partial charge in [-0.25, -0.2) is 9.97 Å². The molecule has 4 aromatic rings. The van der Waals surface area contributed by atoms with Crippen molar-refractivity contribution in [3.63, 3.8) is 0 Å². The third-order valence-corrected chi connectivity index (χ3v) is 7.72. The topological polar surface area (TPSA) is 41.1 Å². The Labute approximate surface area is 166 Å². The lowest BCUT2D eigenvalue weighted by Crippen LogP contribution is -2.38. The third-order valence-electron chi connectivity index (χ3n) is 5.73. The van der Waals surface area contributed by atoms with Gasteiger partial charge in [0.25, 0.3) is 0 Å². The van der Waals surface area contributed by atoms with Crippen molar-refractivity contribution in [2.24, 2.45) is 0 Å². The maximum atomic E-state index is 4.64. The summed E-state index contributed by atoms with van der Waals surface area (Å²) in [5.74, 6) is 0.599. The molecular weight excluding hydrogens is 372 g/mol. The molecule has 0 spiro atoms. The number of pyridine rings is 1. The number of aromatic nitrogens is 2. The number of rotatable bonds is 3. The highest BCUT2D eigenvalue weighted by molar-refractivity contribution is 7.18. The maximum absolute atomic E-state index is 4.64. The van der Waals surface area contributed by atoms with Gasteiger partial charge in [0.15, 0.2) is 0 Å². The van der Waals surface area contributed by atoms with Crippen molar-refractivity contribution in [2.45, 2.75) is 31.7 Å². The van der Waals surface area contributed by atoms with E-state index in [1.54, 1.807) is 11.3 Å². The molecule has 1 N–H and O–H groups in total. The van der Waals surface area contributed by atoms with Crippen LogP contribution < -0.4 is 5.32 Å². The fraction of sp³-hybridized carbons (Fsp3) is 0.333. The Morgan fingerprint density at radius 2 is 2.11 bits per heavy atom. The predicted molar refractivity (Wildman–Crippen MR) is 117 cm³/mol. The quantitative estimate of drug-likeness (QED) is 0.473. The molecule has 1 aromatic carbocycles. The molecule has 6 heteroatoms. The van der Waals surface area contributed by atoms with Crippen molar-refractivity contribution in [1.82, 2.24) is 14.9 Å². The van der Waals surface area contributed by atoms with E-state index >= 15 is 0 Å². The van der Waals surface area contributed by atoms with Crippen LogP contribution in [0.3, 0.4) is 0 Å². The number of benzene rings is 1. The van der Waals surface area contributed by atoms with Crippen LogP contribution in [0.25, 0.3) is 20.4 Å². The van der Waals surface area contributed by atoms with Crippen LogP contribution in [-0.2, 0) is 0 Å². The van der Waals surface area contributed by atoms with Gasteiger partial charge in [-0.05, 0) is 63.7 Å². The second-order valence-corrected chi connectivity index (χ2v) is 9.30.